The van der Waals surface area contributed by atoms with Gasteiger partial charge in [-0.2, -0.15) is 0 Å². The maximum absolute atomic E-state index is 12.1. The van der Waals surface area contributed by atoms with E-state index in [0.29, 0.717) is 11.4 Å². The van der Waals surface area contributed by atoms with Crippen LogP contribution in [0.1, 0.15) is 38.8 Å². The highest BCUT2D eigenvalue weighted by Gasteiger charge is 2.26. The van der Waals surface area contributed by atoms with Crippen molar-refractivity contribution >= 4 is 11.7 Å². The van der Waals surface area contributed by atoms with Gasteiger partial charge in [0.1, 0.15) is 12.0 Å². The van der Waals surface area contributed by atoms with Gasteiger partial charge in [0, 0.05) is 6.20 Å². The van der Waals surface area contributed by atoms with Crippen LogP contribution in [-0.4, -0.2) is 10.9 Å². The molecule has 0 unspecified atom stereocenters. The molecule has 2 heterocycles. The Balaban J connectivity index is 2.02. The summed E-state index contributed by atoms with van der Waals surface area (Å²) in [6.07, 6.45) is 1.46. The summed E-state index contributed by atoms with van der Waals surface area (Å²) in [4.78, 5) is 16.4. The first-order valence-corrected chi connectivity index (χ1v) is 6.66. The van der Waals surface area contributed by atoms with Gasteiger partial charge in [-0.3, -0.25) is 4.79 Å². The number of benzene rings is 1. The number of carbonyl (C=O) groups excluding carboxylic acids is 1. The molecule has 0 aliphatic carbocycles. The van der Waals surface area contributed by atoms with Gasteiger partial charge >= 0.3 is 0 Å². The van der Waals surface area contributed by atoms with Gasteiger partial charge in [-0.1, -0.05) is 12.1 Å². The number of carbonyl (C=O) groups is 1. The summed E-state index contributed by atoms with van der Waals surface area (Å²) in [5, 5.41) is 6.27. The molecule has 2 aromatic rings. The fourth-order valence-electron chi connectivity index (χ4n) is 2.53. The zero-order valence-corrected chi connectivity index (χ0v) is 11.8. The Bertz CT molecular complexity index is 694. The van der Waals surface area contributed by atoms with Gasteiger partial charge in [-0.25, -0.2) is 4.98 Å². The maximum Gasteiger partial charge on any atom is 0.256 e. The minimum Gasteiger partial charge on any atom is -0.346 e. The highest BCUT2D eigenvalue weighted by atomic mass is 16.2. The number of hydrogen-bond donors (Lipinski definition) is 2. The van der Waals surface area contributed by atoms with Gasteiger partial charge in [0.05, 0.1) is 5.56 Å². The Morgan fingerprint density at radius 1 is 1.05 bits per heavy atom. The van der Waals surface area contributed by atoms with Crippen molar-refractivity contribution in [1.29, 1.82) is 0 Å². The molecular weight excluding hydrogens is 250 g/mol. The average Bonchev–Trinajstić information content (AvgIpc) is 2.43. The van der Waals surface area contributed by atoms with Crippen LogP contribution in [0, 0.1) is 20.8 Å². The van der Waals surface area contributed by atoms with E-state index in [0.717, 1.165) is 11.1 Å². The molecule has 2 N–H and O–H groups in total. The van der Waals surface area contributed by atoms with Crippen LogP contribution in [0.2, 0.25) is 0 Å². The molecule has 1 amide bonds. The first-order chi connectivity index (χ1) is 9.56. The molecule has 0 saturated heterocycles. The van der Waals surface area contributed by atoms with E-state index in [1.54, 1.807) is 18.3 Å². The minimum absolute atomic E-state index is 0.0884. The smallest absolute Gasteiger partial charge is 0.256 e. The number of aryl methyl sites for hydroxylation is 3. The molecule has 4 nitrogen and oxygen atoms in total. The van der Waals surface area contributed by atoms with Crippen molar-refractivity contribution < 1.29 is 4.79 Å². The minimum atomic E-state index is -0.232. The fraction of sp³-hybridized carbons (Fsp3) is 0.250. The Morgan fingerprint density at radius 2 is 1.80 bits per heavy atom. The van der Waals surface area contributed by atoms with E-state index in [-0.39, 0.29) is 12.1 Å². The van der Waals surface area contributed by atoms with E-state index >= 15 is 0 Å². The van der Waals surface area contributed by atoms with Crippen molar-refractivity contribution in [3.63, 3.8) is 0 Å². The normalized spacial score (nSPS) is 17.1. The first kappa shape index (κ1) is 12.7. The topological polar surface area (TPSA) is 54.0 Å². The summed E-state index contributed by atoms with van der Waals surface area (Å²) >= 11 is 0. The number of nitrogens with one attached hydrogen (secondary N) is 2. The lowest BCUT2D eigenvalue weighted by Gasteiger charge is -2.28. The number of pyridine rings is 1. The third-order valence-corrected chi connectivity index (χ3v) is 3.80. The van der Waals surface area contributed by atoms with Crippen molar-refractivity contribution in [2.24, 2.45) is 0 Å². The number of hydrogen-bond acceptors (Lipinski definition) is 3. The highest BCUT2D eigenvalue weighted by molar-refractivity contribution is 6.00. The standard InChI is InChI=1S/C16H17N3O/c1-9-7-11(3)13(8-10(9)2)15-18-14-12(16(20)19-15)5-4-6-17-14/h4-8,15H,1-3H3,(H,17,18)(H,19,20)/t15-/m1/s1. The summed E-state index contributed by atoms with van der Waals surface area (Å²) in [5.74, 6) is 0.549. The molecule has 3 rings (SSSR count). The van der Waals surface area contributed by atoms with Crippen LogP contribution in [-0.2, 0) is 0 Å². The zero-order valence-electron chi connectivity index (χ0n) is 11.8. The zero-order chi connectivity index (χ0) is 14.3. The van der Waals surface area contributed by atoms with Crippen LogP contribution in [0.15, 0.2) is 30.5 Å². The summed E-state index contributed by atoms with van der Waals surface area (Å²) in [5.41, 5.74) is 5.30. The van der Waals surface area contributed by atoms with Crippen molar-refractivity contribution in [3.05, 3.63) is 58.3 Å². The first-order valence-electron chi connectivity index (χ1n) is 6.66. The molecule has 1 atom stereocenters. The van der Waals surface area contributed by atoms with Crippen LogP contribution in [0.3, 0.4) is 0 Å². The van der Waals surface area contributed by atoms with Crippen molar-refractivity contribution in [2.45, 2.75) is 26.9 Å². The van der Waals surface area contributed by atoms with Gasteiger partial charge in [0.15, 0.2) is 0 Å². The SMILES string of the molecule is Cc1cc(C)c([C@H]2NC(=O)c3cccnc3N2)cc1C. The molecule has 4 heteroatoms. The van der Waals surface area contributed by atoms with E-state index in [1.807, 2.05) is 0 Å². The van der Waals surface area contributed by atoms with Gasteiger partial charge in [-0.05, 0) is 55.2 Å². The van der Waals surface area contributed by atoms with E-state index in [2.05, 4.69) is 48.5 Å². The molecule has 1 aromatic carbocycles. The van der Waals surface area contributed by atoms with Crippen LogP contribution >= 0.6 is 0 Å². The van der Waals surface area contributed by atoms with E-state index < -0.39 is 0 Å². The van der Waals surface area contributed by atoms with Gasteiger partial charge in [0.2, 0.25) is 0 Å². The Kier molecular flexibility index (Phi) is 2.93. The molecule has 102 valence electrons. The average molecular weight is 267 g/mol. The van der Waals surface area contributed by atoms with Gasteiger partial charge in [0.25, 0.3) is 5.91 Å². The molecule has 0 bridgehead atoms. The number of fused-ring (bicyclic) bond motifs is 1. The Hall–Kier alpha value is -2.36. The van der Waals surface area contributed by atoms with E-state index in [4.69, 9.17) is 0 Å². The second-order valence-corrected chi connectivity index (χ2v) is 5.24. The van der Waals surface area contributed by atoms with E-state index in [1.165, 1.54) is 11.1 Å². The maximum atomic E-state index is 12.1. The molecule has 0 radical (unpaired) electrons. The number of anilines is 1. The van der Waals surface area contributed by atoms with Crippen LogP contribution < -0.4 is 10.6 Å². The molecule has 1 aromatic heterocycles. The fourth-order valence-corrected chi connectivity index (χ4v) is 2.53. The lowest BCUT2D eigenvalue weighted by molar-refractivity contribution is 0.0935. The number of rotatable bonds is 1. The molecule has 20 heavy (non-hydrogen) atoms. The number of aromatic nitrogens is 1. The molecular formula is C16H17N3O. The predicted molar refractivity (Wildman–Crippen MR) is 78.7 cm³/mol. The molecule has 1 aliphatic heterocycles. The largest absolute Gasteiger partial charge is 0.346 e. The van der Waals surface area contributed by atoms with Crippen LogP contribution in [0.25, 0.3) is 0 Å². The van der Waals surface area contributed by atoms with Gasteiger partial charge in [-0.15, -0.1) is 0 Å². The lowest BCUT2D eigenvalue weighted by Crippen LogP contribution is -2.39. The quantitative estimate of drug-likeness (QED) is 0.835. The van der Waals surface area contributed by atoms with Crippen LogP contribution in [0.4, 0.5) is 5.82 Å². The third-order valence-electron chi connectivity index (χ3n) is 3.80. The summed E-state index contributed by atoms with van der Waals surface area (Å²) in [6, 6.07) is 7.80. The van der Waals surface area contributed by atoms with E-state index in [9.17, 15) is 4.79 Å². The van der Waals surface area contributed by atoms with Crippen LogP contribution in [0.5, 0.6) is 0 Å². The lowest BCUT2D eigenvalue weighted by atomic mass is 9.98. The monoisotopic (exact) mass is 267 g/mol. The van der Waals surface area contributed by atoms with Gasteiger partial charge < -0.3 is 10.6 Å². The Morgan fingerprint density at radius 3 is 2.60 bits per heavy atom. The highest BCUT2D eigenvalue weighted by Crippen LogP contribution is 2.27. The van der Waals surface area contributed by atoms with Crippen molar-refractivity contribution in [3.8, 4) is 0 Å². The summed E-state index contributed by atoms with van der Waals surface area (Å²) in [7, 11) is 0. The number of amides is 1. The third kappa shape index (κ3) is 2.03. The summed E-state index contributed by atoms with van der Waals surface area (Å²) in [6.45, 7) is 6.23. The second-order valence-electron chi connectivity index (χ2n) is 5.24. The molecule has 0 saturated carbocycles. The molecule has 0 fully saturated rings. The Labute approximate surface area is 118 Å². The predicted octanol–water partition coefficient (Wildman–Crippen LogP) is 2.86. The second kappa shape index (κ2) is 4.63. The van der Waals surface area contributed by atoms with Crippen molar-refractivity contribution in [2.75, 3.05) is 5.32 Å². The van der Waals surface area contributed by atoms with Crippen molar-refractivity contribution in [1.82, 2.24) is 10.3 Å². The molecule has 0 spiro atoms. The molecule has 1 aliphatic rings. The number of nitrogens with zero attached hydrogens (tertiary/aromatic N) is 1. The summed E-state index contributed by atoms with van der Waals surface area (Å²) < 4.78 is 0.